The first-order valence-corrected chi connectivity index (χ1v) is 14.5. The van der Waals surface area contributed by atoms with Crippen LogP contribution in [0.4, 0.5) is 0 Å². The van der Waals surface area contributed by atoms with Crippen LogP contribution in [0.2, 0.25) is 0 Å². The number of hydrogen-bond acceptors (Lipinski definition) is 7. The van der Waals surface area contributed by atoms with Crippen molar-refractivity contribution in [2.45, 2.75) is 63.9 Å². The maximum atomic E-state index is 12.6. The molecule has 1 amide bonds. The van der Waals surface area contributed by atoms with E-state index in [4.69, 9.17) is 9.47 Å². The number of amides is 1. The lowest BCUT2D eigenvalue weighted by Gasteiger charge is -2.22. The average molecular weight is 563 g/mol. The number of hydrogen-bond donors (Lipinski definition) is 5. The first-order valence-electron chi connectivity index (χ1n) is 14.5. The molecule has 0 unspecified atom stereocenters. The van der Waals surface area contributed by atoms with Crippen LogP contribution in [0.15, 0.2) is 66.7 Å². The van der Waals surface area contributed by atoms with E-state index < -0.39 is 6.10 Å². The Bertz CT molecular complexity index is 1230. The van der Waals surface area contributed by atoms with E-state index in [0.29, 0.717) is 49.6 Å². The molecule has 0 heterocycles. The zero-order valence-corrected chi connectivity index (χ0v) is 23.6. The van der Waals surface area contributed by atoms with Crippen molar-refractivity contribution < 1.29 is 29.6 Å². The molecule has 1 atom stereocenters. The van der Waals surface area contributed by atoms with E-state index in [-0.39, 0.29) is 24.3 Å². The standard InChI is InChI=1S/C33H42N2O6/c36-22-28-20-26(11-14-31(28)37)32(38)21-34-16-15-24-9-12-30(13-10-24)41-18-17-40-23-25-5-4-6-27(19-25)33(39)35-29-7-2-1-3-8-29/h4-6,9-14,19-20,29,32,34,36-38H,1-3,7-8,15-18,21-23H2,(H,35,39)/t32-/m1/s1. The molecule has 3 aromatic carbocycles. The number of phenols is 1. The van der Waals surface area contributed by atoms with Gasteiger partial charge >= 0.3 is 0 Å². The molecule has 41 heavy (non-hydrogen) atoms. The number of aliphatic hydroxyl groups is 2. The summed E-state index contributed by atoms with van der Waals surface area (Å²) in [6.07, 6.45) is 5.84. The van der Waals surface area contributed by atoms with E-state index in [1.165, 1.54) is 25.3 Å². The number of nitrogens with one attached hydrogen (secondary N) is 2. The Labute approximate surface area is 242 Å². The SMILES string of the molecule is O=C(NC1CCCCC1)c1cccc(COCCOc2ccc(CCNC[C@@H](O)c3ccc(O)c(CO)c3)cc2)c1. The van der Waals surface area contributed by atoms with Gasteiger partial charge in [0.15, 0.2) is 0 Å². The lowest BCUT2D eigenvalue weighted by molar-refractivity contribution is 0.0884. The van der Waals surface area contributed by atoms with E-state index in [1.807, 2.05) is 48.5 Å². The summed E-state index contributed by atoms with van der Waals surface area (Å²) >= 11 is 0. The third-order valence-corrected chi connectivity index (χ3v) is 7.40. The minimum Gasteiger partial charge on any atom is -0.508 e. The van der Waals surface area contributed by atoms with E-state index in [9.17, 15) is 20.1 Å². The molecule has 1 aliphatic carbocycles. The normalized spacial score (nSPS) is 14.5. The minimum absolute atomic E-state index is 0.00896. The largest absolute Gasteiger partial charge is 0.508 e. The molecule has 5 N–H and O–H groups in total. The molecule has 1 aliphatic rings. The smallest absolute Gasteiger partial charge is 0.251 e. The molecule has 0 aliphatic heterocycles. The summed E-state index contributed by atoms with van der Waals surface area (Å²) in [5.41, 5.74) is 3.83. The van der Waals surface area contributed by atoms with Crippen molar-refractivity contribution in [2.75, 3.05) is 26.3 Å². The molecule has 8 heteroatoms. The van der Waals surface area contributed by atoms with Crippen molar-refractivity contribution in [3.63, 3.8) is 0 Å². The van der Waals surface area contributed by atoms with E-state index in [0.717, 1.165) is 36.1 Å². The Hall–Kier alpha value is -3.43. The van der Waals surface area contributed by atoms with Gasteiger partial charge in [0.1, 0.15) is 18.1 Å². The minimum atomic E-state index is -0.728. The van der Waals surface area contributed by atoms with Crippen LogP contribution >= 0.6 is 0 Å². The third kappa shape index (κ3) is 9.86. The van der Waals surface area contributed by atoms with Crippen molar-refractivity contribution in [3.05, 3.63) is 94.5 Å². The fraction of sp³-hybridized carbons (Fsp3) is 0.424. The molecule has 220 valence electrons. The monoisotopic (exact) mass is 562 g/mol. The quantitative estimate of drug-likeness (QED) is 0.174. The molecule has 8 nitrogen and oxygen atoms in total. The van der Waals surface area contributed by atoms with Crippen LogP contribution in [0.1, 0.15) is 70.8 Å². The zero-order valence-electron chi connectivity index (χ0n) is 23.6. The van der Waals surface area contributed by atoms with Crippen molar-refractivity contribution in [3.8, 4) is 11.5 Å². The van der Waals surface area contributed by atoms with Crippen LogP contribution < -0.4 is 15.4 Å². The number of carbonyl (C=O) groups is 1. The second-order valence-electron chi connectivity index (χ2n) is 10.6. The van der Waals surface area contributed by atoms with Crippen LogP contribution in [0.25, 0.3) is 0 Å². The second kappa shape index (κ2) is 16.1. The summed E-state index contributed by atoms with van der Waals surface area (Å²) in [6.45, 7) is 2.07. The van der Waals surface area contributed by atoms with Crippen LogP contribution in [-0.2, 0) is 24.4 Å². The van der Waals surface area contributed by atoms with Gasteiger partial charge < -0.3 is 35.4 Å². The first-order chi connectivity index (χ1) is 20.0. The molecule has 1 saturated carbocycles. The lowest BCUT2D eigenvalue weighted by atomic mass is 9.95. The molecule has 4 rings (SSSR count). The van der Waals surface area contributed by atoms with Gasteiger partial charge in [-0.05, 0) is 78.9 Å². The average Bonchev–Trinajstić information content (AvgIpc) is 3.00. The lowest BCUT2D eigenvalue weighted by Crippen LogP contribution is -2.36. The number of aliphatic hydroxyl groups excluding tert-OH is 2. The van der Waals surface area contributed by atoms with Crippen LogP contribution in [0.5, 0.6) is 11.5 Å². The van der Waals surface area contributed by atoms with Gasteiger partial charge in [-0.25, -0.2) is 0 Å². The molecular formula is C33H42N2O6. The molecule has 3 aromatic rings. The summed E-state index contributed by atoms with van der Waals surface area (Å²) in [5, 5.41) is 35.7. The Morgan fingerprint density at radius 1 is 0.951 bits per heavy atom. The molecular weight excluding hydrogens is 520 g/mol. The maximum Gasteiger partial charge on any atom is 0.251 e. The summed E-state index contributed by atoms with van der Waals surface area (Å²) in [5.74, 6) is 0.785. The van der Waals surface area contributed by atoms with E-state index in [2.05, 4.69) is 10.6 Å². The Kier molecular flexibility index (Phi) is 12.0. The number of carbonyl (C=O) groups excluding carboxylic acids is 1. The number of ether oxygens (including phenoxy) is 2. The summed E-state index contributed by atoms with van der Waals surface area (Å²) in [6, 6.07) is 20.6. The van der Waals surface area contributed by atoms with Gasteiger partial charge in [-0.1, -0.05) is 49.6 Å². The Morgan fingerprint density at radius 2 is 1.76 bits per heavy atom. The molecule has 0 saturated heterocycles. The molecule has 0 radical (unpaired) electrons. The van der Waals surface area contributed by atoms with Gasteiger partial charge in [0.25, 0.3) is 5.91 Å². The van der Waals surface area contributed by atoms with Crippen LogP contribution in [-0.4, -0.2) is 53.6 Å². The van der Waals surface area contributed by atoms with E-state index >= 15 is 0 Å². The molecule has 0 aromatic heterocycles. The van der Waals surface area contributed by atoms with Gasteiger partial charge in [-0.2, -0.15) is 0 Å². The van der Waals surface area contributed by atoms with E-state index in [1.54, 1.807) is 12.1 Å². The van der Waals surface area contributed by atoms with Gasteiger partial charge in [-0.3, -0.25) is 4.79 Å². The molecule has 0 bridgehead atoms. The highest BCUT2D eigenvalue weighted by Crippen LogP contribution is 2.22. The predicted molar refractivity (Wildman–Crippen MR) is 158 cm³/mol. The second-order valence-corrected chi connectivity index (χ2v) is 10.6. The van der Waals surface area contributed by atoms with Crippen molar-refractivity contribution in [1.29, 1.82) is 0 Å². The number of aromatic hydroxyl groups is 1. The van der Waals surface area contributed by atoms with Gasteiger partial charge in [0, 0.05) is 23.7 Å². The Balaban J connectivity index is 1.09. The number of rotatable bonds is 15. The van der Waals surface area contributed by atoms with Crippen LogP contribution in [0, 0.1) is 0 Å². The maximum absolute atomic E-state index is 12.6. The van der Waals surface area contributed by atoms with Gasteiger partial charge in [0.2, 0.25) is 0 Å². The highest BCUT2D eigenvalue weighted by molar-refractivity contribution is 5.94. The van der Waals surface area contributed by atoms with Gasteiger partial charge in [-0.15, -0.1) is 0 Å². The van der Waals surface area contributed by atoms with Crippen molar-refractivity contribution in [1.82, 2.24) is 10.6 Å². The summed E-state index contributed by atoms with van der Waals surface area (Å²) in [4.78, 5) is 12.6. The van der Waals surface area contributed by atoms with Gasteiger partial charge in [0.05, 0.1) is 25.9 Å². The highest BCUT2D eigenvalue weighted by Gasteiger charge is 2.17. The Morgan fingerprint density at radius 3 is 2.54 bits per heavy atom. The predicted octanol–water partition coefficient (Wildman–Crippen LogP) is 4.41. The molecule has 0 spiro atoms. The highest BCUT2D eigenvalue weighted by atomic mass is 16.5. The zero-order chi connectivity index (χ0) is 28.9. The van der Waals surface area contributed by atoms with Crippen LogP contribution in [0.3, 0.4) is 0 Å². The third-order valence-electron chi connectivity index (χ3n) is 7.40. The van der Waals surface area contributed by atoms with Crippen molar-refractivity contribution >= 4 is 5.91 Å². The summed E-state index contributed by atoms with van der Waals surface area (Å²) in [7, 11) is 0. The molecule has 1 fully saturated rings. The fourth-order valence-corrected chi connectivity index (χ4v) is 5.01. The summed E-state index contributed by atoms with van der Waals surface area (Å²) < 4.78 is 11.6. The van der Waals surface area contributed by atoms with Crippen molar-refractivity contribution in [2.24, 2.45) is 0 Å². The fourth-order valence-electron chi connectivity index (χ4n) is 5.01. The first kappa shape index (κ1) is 30.5. The topological polar surface area (TPSA) is 120 Å². The number of benzene rings is 3.